The van der Waals surface area contributed by atoms with Gasteiger partial charge in [-0.15, -0.1) is 0 Å². The number of thioether (sulfide) groups is 1. The topological polar surface area (TPSA) is 67.3 Å². The van der Waals surface area contributed by atoms with Crippen molar-refractivity contribution in [3.05, 3.63) is 30.1 Å². The molecule has 0 aliphatic heterocycles. The summed E-state index contributed by atoms with van der Waals surface area (Å²) >= 11 is 6.06. The van der Waals surface area contributed by atoms with Crippen molar-refractivity contribution in [3.63, 3.8) is 0 Å². The fourth-order valence-electron chi connectivity index (χ4n) is 0.809. The summed E-state index contributed by atoms with van der Waals surface area (Å²) in [6.45, 7) is 1.89. The number of nitrogens with one attached hydrogen (secondary N) is 1. The number of hydrazone groups is 1. The summed E-state index contributed by atoms with van der Waals surface area (Å²) in [7, 11) is 9.71. The maximum atomic E-state index is 4.95. The molecule has 0 amide bonds. The van der Waals surface area contributed by atoms with Gasteiger partial charge in [0.15, 0.2) is 4.32 Å². The molecule has 4 nitrogen and oxygen atoms in total. The number of hydrogen-bond acceptors (Lipinski definition) is 5. The third kappa shape index (κ3) is 10.2. The molecule has 104 valence electrons. The Hall–Kier alpha value is 0.223. The first kappa shape index (κ1) is 20.5. The normalized spacial score (nSPS) is 9.89. The van der Waals surface area contributed by atoms with Crippen molar-refractivity contribution in [3.8, 4) is 0 Å². The third-order valence-electron chi connectivity index (χ3n) is 1.54. The number of rotatable bonds is 2. The molecule has 1 aromatic heterocycles. The summed E-state index contributed by atoms with van der Waals surface area (Å²) < 4.78 is 0.653. The van der Waals surface area contributed by atoms with E-state index in [2.05, 4.69) is 15.5 Å². The third-order valence-corrected chi connectivity index (χ3v) is 2.59. The van der Waals surface area contributed by atoms with E-state index < -0.39 is 0 Å². The molecule has 1 aromatic rings. The van der Waals surface area contributed by atoms with Crippen LogP contribution in [0, 0.1) is 0 Å². The zero-order chi connectivity index (χ0) is 13.1. The molecule has 0 unspecified atom stereocenters. The summed E-state index contributed by atoms with van der Waals surface area (Å²) in [5.41, 5.74) is 4.45. The monoisotopic (exact) mass is 414 g/mol. The van der Waals surface area contributed by atoms with Gasteiger partial charge in [0.05, 0.1) is 11.4 Å². The van der Waals surface area contributed by atoms with Crippen molar-refractivity contribution in [2.75, 3.05) is 6.26 Å². The average molecular weight is 414 g/mol. The van der Waals surface area contributed by atoms with Crippen molar-refractivity contribution < 1.29 is 20.6 Å². The smallest absolute Gasteiger partial charge is 0.870 e. The molecule has 1 heterocycles. The van der Waals surface area contributed by atoms with E-state index in [1.165, 1.54) is 11.8 Å². The van der Waals surface area contributed by atoms with Crippen LogP contribution in [0.5, 0.6) is 0 Å². The van der Waals surface area contributed by atoms with E-state index in [0.717, 1.165) is 11.4 Å². The molecule has 0 bridgehead atoms. The molecule has 1 rings (SSSR count). The Morgan fingerprint density at radius 1 is 1.50 bits per heavy atom. The second-order valence-corrected chi connectivity index (χ2v) is 6.69. The molecule has 18 heavy (non-hydrogen) atoms. The number of nitrogens with zero attached hydrogens (tertiary/aromatic N) is 2. The molecular weight excluding hydrogens is 402 g/mol. The van der Waals surface area contributed by atoms with Gasteiger partial charge in [-0.3, -0.25) is 10.4 Å². The van der Waals surface area contributed by atoms with Crippen LogP contribution < -0.4 is 5.43 Å². The van der Waals surface area contributed by atoms with Crippen molar-refractivity contribution in [2.45, 2.75) is 6.92 Å². The van der Waals surface area contributed by atoms with Crippen LogP contribution in [0.25, 0.3) is 0 Å². The Morgan fingerprint density at radius 3 is 2.56 bits per heavy atom. The first-order chi connectivity index (χ1) is 8.15. The second kappa shape index (κ2) is 13.7. The number of halogens is 2. The Morgan fingerprint density at radius 2 is 2.11 bits per heavy atom. The Balaban J connectivity index is 0. The number of pyridine rings is 1. The van der Waals surface area contributed by atoms with E-state index >= 15 is 0 Å². The van der Waals surface area contributed by atoms with E-state index in [1.807, 2.05) is 31.4 Å². The van der Waals surface area contributed by atoms with Gasteiger partial charge in [-0.25, -0.2) is 0 Å². The molecule has 0 atom stereocenters. The minimum atomic E-state index is -0.346. The van der Waals surface area contributed by atoms with Gasteiger partial charge in [-0.05, 0) is 25.3 Å². The Labute approximate surface area is 132 Å². The van der Waals surface area contributed by atoms with E-state index in [-0.39, 0.29) is 20.6 Å². The molecule has 0 aliphatic rings. The summed E-state index contributed by atoms with van der Waals surface area (Å²) in [6.07, 6.45) is 3.64. The zero-order valence-corrected chi connectivity index (χ0v) is 14.5. The molecule has 0 saturated heterocycles. The van der Waals surface area contributed by atoms with E-state index in [1.54, 1.807) is 6.20 Å². The van der Waals surface area contributed by atoms with Crippen LogP contribution in [-0.4, -0.2) is 26.7 Å². The van der Waals surface area contributed by atoms with E-state index in [4.69, 9.17) is 31.6 Å². The van der Waals surface area contributed by atoms with Gasteiger partial charge in [0.1, 0.15) is 0 Å². The molecule has 0 radical (unpaired) electrons. The minimum absolute atomic E-state index is 0. The SMILES string of the molecule is CSC(=S)NN=C(C)c1ccccn1.[Cl][Ru][Cl].[OH-]. The number of aromatic nitrogens is 1. The number of hydrogen-bond donors (Lipinski definition) is 1. The van der Waals surface area contributed by atoms with Gasteiger partial charge in [0.25, 0.3) is 0 Å². The molecule has 0 aliphatic carbocycles. The van der Waals surface area contributed by atoms with Crippen LogP contribution in [-0.2, 0) is 15.1 Å². The van der Waals surface area contributed by atoms with Crippen molar-refractivity contribution in [1.29, 1.82) is 0 Å². The zero-order valence-electron chi connectivity index (χ0n) is 9.58. The van der Waals surface area contributed by atoms with Crippen LogP contribution >= 0.6 is 43.4 Å². The predicted octanol–water partition coefficient (Wildman–Crippen LogP) is 3.24. The van der Waals surface area contributed by atoms with Gasteiger partial charge in [0, 0.05) is 6.20 Å². The quantitative estimate of drug-likeness (QED) is 0.348. The Kier molecular flexibility index (Phi) is 15.6. The molecule has 0 spiro atoms. The molecular formula is C9H12Cl2N3ORuS2-. The predicted molar refractivity (Wildman–Crippen MR) is 79.3 cm³/mol. The molecule has 9 heteroatoms. The number of thiocarbonyl (C=S) groups is 1. The Bertz CT molecular complexity index is 368. The van der Waals surface area contributed by atoms with E-state index in [0.29, 0.717) is 4.32 Å². The standard InChI is InChI=1S/C9H11N3S2.2ClH.H2O.Ru/c1-7(11-12-9(13)14-2)8-5-3-4-6-10-8;;;;/h3-6H,1-2H3,(H,12,13);2*1H;1H2;/q;;;;+2/p-3. The van der Waals surface area contributed by atoms with E-state index in [9.17, 15) is 0 Å². The first-order valence-corrected chi connectivity index (χ1v) is 10.4. The van der Waals surface area contributed by atoms with Crippen LogP contribution in [0.3, 0.4) is 0 Å². The molecule has 0 fully saturated rings. The summed E-state index contributed by atoms with van der Waals surface area (Å²) in [4.78, 5) is 4.16. The largest absolute Gasteiger partial charge is 0.870 e. The van der Waals surface area contributed by atoms with Gasteiger partial charge >= 0.3 is 34.5 Å². The molecule has 0 saturated carbocycles. The van der Waals surface area contributed by atoms with Gasteiger partial charge in [-0.1, -0.05) is 30.0 Å². The maximum Gasteiger partial charge on any atom is -0.870 e. The fourth-order valence-corrected chi connectivity index (χ4v) is 0.992. The van der Waals surface area contributed by atoms with Crippen molar-refractivity contribution in [2.24, 2.45) is 5.10 Å². The molecule has 0 aromatic carbocycles. The first-order valence-electron chi connectivity index (χ1n) is 4.30. The van der Waals surface area contributed by atoms with Crippen LogP contribution in [0.4, 0.5) is 0 Å². The van der Waals surface area contributed by atoms with Crippen molar-refractivity contribution in [1.82, 2.24) is 10.4 Å². The fraction of sp³-hybridized carbons (Fsp3) is 0.222. The maximum absolute atomic E-state index is 4.95. The summed E-state index contributed by atoms with van der Waals surface area (Å²) in [5, 5.41) is 4.11. The minimum Gasteiger partial charge on any atom is -0.870 e. The van der Waals surface area contributed by atoms with Crippen LogP contribution in [0.1, 0.15) is 12.6 Å². The average Bonchev–Trinajstić information content (AvgIpc) is 2.37. The van der Waals surface area contributed by atoms with Gasteiger partial charge < -0.3 is 5.48 Å². The summed E-state index contributed by atoms with van der Waals surface area (Å²) in [5.74, 6) is 0. The van der Waals surface area contributed by atoms with Gasteiger partial charge in [-0.2, -0.15) is 5.10 Å². The van der Waals surface area contributed by atoms with Crippen LogP contribution in [0.15, 0.2) is 29.5 Å². The molecule has 2 N–H and O–H groups in total. The van der Waals surface area contributed by atoms with Gasteiger partial charge in [0.2, 0.25) is 0 Å². The van der Waals surface area contributed by atoms with Crippen molar-refractivity contribution >= 4 is 53.4 Å². The van der Waals surface area contributed by atoms with Crippen LogP contribution in [0.2, 0.25) is 0 Å². The second-order valence-electron chi connectivity index (χ2n) is 2.57. The summed E-state index contributed by atoms with van der Waals surface area (Å²) in [6, 6.07) is 5.70.